The van der Waals surface area contributed by atoms with Gasteiger partial charge in [0.15, 0.2) is 0 Å². The number of likely N-dealkylation sites (tertiary alicyclic amines) is 1. The van der Waals surface area contributed by atoms with Gasteiger partial charge in [0.2, 0.25) is 0 Å². The third-order valence-electron chi connectivity index (χ3n) is 3.25. The fourth-order valence-electron chi connectivity index (χ4n) is 2.27. The second kappa shape index (κ2) is 4.60. The SMILES string of the molecule is CC1CCCCCN1C(=O)c1cc(N)c[nH]1. The summed E-state index contributed by atoms with van der Waals surface area (Å²) in [6, 6.07) is 2.04. The van der Waals surface area contributed by atoms with Gasteiger partial charge in [-0.05, 0) is 25.8 Å². The average Bonchev–Trinajstić information content (AvgIpc) is 2.57. The molecule has 1 aromatic heterocycles. The monoisotopic (exact) mass is 221 g/mol. The molecule has 1 saturated heterocycles. The van der Waals surface area contributed by atoms with E-state index in [-0.39, 0.29) is 5.91 Å². The number of nitrogens with one attached hydrogen (secondary N) is 1. The predicted octanol–water partition coefficient (Wildman–Crippen LogP) is 2.00. The Morgan fingerprint density at radius 1 is 1.50 bits per heavy atom. The highest BCUT2D eigenvalue weighted by Crippen LogP contribution is 2.19. The number of H-pyrrole nitrogens is 1. The second-order valence-corrected chi connectivity index (χ2v) is 4.54. The molecule has 3 N–H and O–H groups in total. The van der Waals surface area contributed by atoms with Crippen LogP contribution in [0, 0.1) is 0 Å². The molecule has 16 heavy (non-hydrogen) atoms. The zero-order valence-corrected chi connectivity index (χ0v) is 9.70. The van der Waals surface area contributed by atoms with Gasteiger partial charge in [-0.15, -0.1) is 0 Å². The molecule has 0 radical (unpaired) electrons. The van der Waals surface area contributed by atoms with Crippen LogP contribution in [-0.2, 0) is 0 Å². The summed E-state index contributed by atoms with van der Waals surface area (Å²) < 4.78 is 0. The molecule has 1 unspecified atom stereocenters. The van der Waals surface area contributed by atoms with E-state index in [4.69, 9.17) is 5.73 Å². The summed E-state index contributed by atoms with van der Waals surface area (Å²) in [7, 11) is 0. The van der Waals surface area contributed by atoms with Crippen LogP contribution in [0.25, 0.3) is 0 Å². The molecule has 0 saturated carbocycles. The van der Waals surface area contributed by atoms with Gasteiger partial charge in [-0.3, -0.25) is 4.79 Å². The summed E-state index contributed by atoms with van der Waals surface area (Å²) in [5, 5.41) is 0. The van der Waals surface area contributed by atoms with Crippen LogP contribution in [0.15, 0.2) is 12.3 Å². The average molecular weight is 221 g/mol. The van der Waals surface area contributed by atoms with Gasteiger partial charge in [0, 0.05) is 24.5 Å². The van der Waals surface area contributed by atoms with Crippen molar-refractivity contribution >= 4 is 11.6 Å². The number of anilines is 1. The first-order valence-electron chi connectivity index (χ1n) is 5.93. The van der Waals surface area contributed by atoms with Crippen molar-refractivity contribution in [1.29, 1.82) is 0 Å². The van der Waals surface area contributed by atoms with Crippen LogP contribution in [0.1, 0.15) is 43.1 Å². The Hall–Kier alpha value is -1.45. The number of amides is 1. The standard InChI is InChI=1S/C12H19N3O/c1-9-5-3-2-4-6-15(9)12(16)11-7-10(13)8-14-11/h7-9,14H,2-6,13H2,1H3. The van der Waals surface area contributed by atoms with Gasteiger partial charge in [0.25, 0.3) is 5.91 Å². The van der Waals surface area contributed by atoms with Crippen LogP contribution in [0.5, 0.6) is 0 Å². The second-order valence-electron chi connectivity index (χ2n) is 4.54. The van der Waals surface area contributed by atoms with Crippen LogP contribution in [-0.4, -0.2) is 28.4 Å². The highest BCUT2D eigenvalue weighted by molar-refractivity contribution is 5.93. The van der Waals surface area contributed by atoms with Gasteiger partial charge in [0.1, 0.15) is 5.69 Å². The third-order valence-corrected chi connectivity index (χ3v) is 3.25. The van der Waals surface area contributed by atoms with E-state index in [1.807, 2.05) is 4.90 Å². The van der Waals surface area contributed by atoms with Gasteiger partial charge < -0.3 is 15.6 Å². The Morgan fingerprint density at radius 3 is 3.00 bits per heavy atom. The molecule has 1 aromatic rings. The summed E-state index contributed by atoms with van der Waals surface area (Å²) in [5.41, 5.74) is 6.83. The minimum absolute atomic E-state index is 0.0751. The van der Waals surface area contributed by atoms with Crippen molar-refractivity contribution in [3.63, 3.8) is 0 Å². The predicted molar refractivity (Wildman–Crippen MR) is 64.2 cm³/mol. The van der Waals surface area contributed by atoms with E-state index in [1.165, 1.54) is 12.8 Å². The van der Waals surface area contributed by atoms with E-state index in [0.29, 0.717) is 17.4 Å². The Kier molecular flexibility index (Phi) is 3.17. The summed E-state index contributed by atoms with van der Waals surface area (Å²) in [5.74, 6) is 0.0751. The van der Waals surface area contributed by atoms with Crippen LogP contribution in [0.2, 0.25) is 0 Å². The number of aromatic nitrogens is 1. The molecule has 0 aromatic carbocycles. The molecule has 1 fully saturated rings. The fourth-order valence-corrected chi connectivity index (χ4v) is 2.27. The number of aromatic amines is 1. The Labute approximate surface area is 95.8 Å². The smallest absolute Gasteiger partial charge is 0.270 e. The van der Waals surface area contributed by atoms with E-state index < -0.39 is 0 Å². The van der Waals surface area contributed by atoms with Crippen molar-refractivity contribution in [2.24, 2.45) is 0 Å². The fraction of sp³-hybridized carbons (Fsp3) is 0.583. The van der Waals surface area contributed by atoms with E-state index >= 15 is 0 Å². The summed E-state index contributed by atoms with van der Waals surface area (Å²) in [6.07, 6.45) is 6.31. The molecule has 1 atom stereocenters. The first-order valence-corrected chi connectivity index (χ1v) is 5.93. The van der Waals surface area contributed by atoms with Crippen molar-refractivity contribution in [1.82, 2.24) is 9.88 Å². The quantitative estimate of drug-likeness (QED) is 0.762. The van der Waals surface area contributed by atoms with E-state index in [2.05, 4.69) is 11.9 Å². The number of hydrogen-bond acceptors (Lipinski definition) is 2. The molecule has 0 spiro atoms. The molecule has 0 bridgehead atoms. The lowest BCUT2D eigenvalue weighted by Crippen LogP contribution is -2.38. The number of nitrogens with two attached hydrogens (primary N) is 1. The molecule has 88 valence electrons. The van der Waals surface area contributed by atoms with Crippen LogP contribution >= 0.6 is 0 Å². The Balaban J connectivity index is 2.13. The van der Waals surface area contributed by atoms with Crippen molar-refractivity contribution < 1.29 is 4.79 Å². The molecule has 2 heterocycles. The molecule has 0 aliphatic carbocycles. The van der Waals surface area contributed by atoms with Gasteiger partial charge in [-0.25, -0.2) is 0 Å². The molecule has 4 heteroatoms. The minimum Gasteiger partial charge on any atom is -0.397 e. The molecule has 2 rings (SSSR count). The van der Waals surface area contributed by atoms with Crippen molar-refractivity contribution in [3.8, 4) is 0 Å². The molecule has 1 amide bonds. The first kappa shape index (κ1) is 11.0. The topological polar surface area (TPSA) is 62.1 Å². The maximum atomic E-state index is 12.2. The summed E-state index contributed by atoms with van der Waals surface area (Å²) in [4.78, 5) is 17.1. The third kappa shape index (κ3) is 2.21. The number of rotatable bonds is 1. The molecular weight excluding hydrogens is 202 g/mol. The maximum absolute atomic E-state index is 12.2. The maximum Gasteiger partial charge on any atom is 0.270 e. The van der Waals surface area contributed by atoms with Crippen molar-refractivity contribution in [3.05, 3.63) is 18.0 Å². The van der Waals surface area contributed by atoms with Crippen LogP contribution in [0.4, 0.5) is 5.69 Å². The van der Waals surface area contributed by atoms with Gasteiger partial charge >= 0.3 is 0 Å². The minimum atomic E-state index is 0.0751. The summed E-state index contributed by atoms with van der Waals surface area (Å²) in [6.45, 7) is 2.98. The number of nitrogen functional groups attached to an aromatic ring is 1. The Morgan fingerprint density at radius 2 is 2.31 bits per heavy atom. The number of carbonyl (C=O) groups is 1. The van der Waals surface area contributed by atoms with E-state index in [9.17, 15) is 4.79 Å². The van der Waals surface area contributed by atoms with Gasteiger partial charge in [-0.2, -0.15) is 0 Å². The normalized spacial score (nSPS) is 21.8. The van der Waals surface area contributed by atoms with E-state index in [1.54, 1.807) is 12.3 Å². The van der Waals surface area contributed by atoms with Gasteiger partial charge in [0.05, 0.1) is 0 Å². The molecule has 4 nitrogen and oxygen atoms in total. The lowest BCUT2D eigenvalue weighted by Gasteiger charge is -2.26. The highest BCUT2D eigenvalue weighted by atomic mass is 16.2. The van der Waals surface area contributed by atoms with Crippen LogP contribution < -0.4 is 5.73 Å². The summed E-state index contributed by atoms with van der Waals surface area (Å²) >= 11 is 0. The highest BCUT2D eigenvalue weighted by Gasteiger charge is 2.23. The molecule has 1 aliphatic heterocycles. The first-order chi connectivity index (χ1) is 7.68. The van der Waals surface area contributed by atoms with Crippen molar-refractivity contribution in [2.45, 2.75) is 38.6 Å². The molecule has 1 aliphatic rings. The largest absolute Gasteiger partial charge is 0.397 e. The lowest BCUT2D eigenvalue weighted by molar-refractivity contribution is 0.0692. The van der Waals surface area contributed by atoms with Crippen molar-refractivity contribution in [2.75, 3.05) is 12.3 Å². The number of carbonyl (C=O) groups excluding carboxylic acids is 1. The zero-order valence-electron chi connectivity index (χ0n) is 9.70. The molecular formula is C12H19N3O. The zero-order chi connectivity index (χ0) is 11.5. The van der Waals surface area contributed by atoms with Crippen LogP contribution in [0.3, 0.4) is 0 Å². The number of hydrogen-bond donors (Lipinski definition) is 2. The Bertz CT molecular complexity index is 372. The van der Waals surface area contributed by atoms with E-state index in [0.717, 1.165) is 19.4 Å². The lowest BCUT2D eigenvalue weighted by atomic mass is 10.1. The van der Waals surface area contributed by atoms with Gasteiger partial charge in [-0.1, -0.05) is 12.8 Å². The number of nitrogens with zero attached hydrogens (tertiary/aromatic N) is 1.